The Morgan fingerprint density at radius 2 is 1.94 bits per heavy atom. The molecule has 0 aliphatic heterocycles. The maximum Gasteiger partial charge on any atom is 0.239 e. The molecule has 0 spiro atoms. The van der Waals surface area contributed by atoms with E-state index in [0.717, 1.165) is 0 Å². The van der Waals surface area contributed by atoms with Gasteiger partial charge in [0.15, 0.2) is 0 Å². The van der Waals surface area contributed by atoms with E-state index in [4.69, 9.17) is 44.7 Å². The van der Waals surface area contributed by atoms with Crippen molar-refractivity contribution in [3.63, 3.8) is 0 Å². The fourth-order valence-electron chi connectivity index (χ4n) is 1.02. The van der Waals surface area contributed by atoms with Gasteiger partial charge in [-0.1, -0.05) is 34.8 Å². The molecule has 0 aliphatic carbocycles. The van der Waals surface area contributed by atoms with Gasteiger partial charge in [0.05, 0.1) is 5.02 Å². The molecule has 1 rings (SSSR count). The summed E-state index contributed by atoms with van der Waals surface area (Å²) >= 11 is 16.9. The van der Waals surface area contributed by atoms with Crippen molar-refractivity contribution in [3.8, 4) is 5.75 Å². The Hall–Kier alpha value is -0.460. The standard InChI is InChI=1S/C9H8Cl3NO3S/c10-4-1-5-16-6-2-3-7(17(13,14)15)9(12)8(6)11/h1-4H,5H2,(H2,13,14,15)/b4-1+. The van der Waals surface area contributed by atoms with Crippen LogP contribution in [0, 0.1) is 0 Å². The van der Waals surface area contributed by atoms with Crippen LogP contribution in [0.3, 0.4) is 0 Å². The van der Waals surface area contributed by atoms with Crippen molar-refractivity contribution in [1.82, 2.24) is 0 Å². The summed E-state index contributed by atoms with van der Waals surface area (Å²) < 4.78 is 27.5. The van der Waals surface area contributed by atoms with Crippen molar-refractivity contribution in [2.45, 2.75) is 4.90 Å². The van der Waals surface area contributed by atoms with E-state index in [0.29, 0.717) is 0 Å². The highest BCUT2D eigenvalue weighted by Gasteiger charge is 2.18. The van der Waals surface area contributed by atoms with Crippen LogP contribution in [0.15, 0.2) is 28.6 Å². The van der Waals surface area contributed by atoms with Crippen LogP contribution in [-0.2, 0) is 10.0 Å². The Bertz CT molecular complexity index is 543. The lowest BCUT2D eigenvalue weighted by molar-refractivity contribution is 0.363. The van der Waals surface area contributed by atoms with Gasteiger partial charge in [0.2, 0.25) is 10.0 Å². The molecular weight excluding hydrogens is 309 g/mol. The maximum absolute atomic E-state index is 11.1. The number of primary sulfonamides is 1. The van der Waals surface area contributed by atoms with E-state index < -0.39 is 10.0 Å². The molecule has 0 bridgehead atoms. The normalized spacial score (nSPS) is 12.0. The Balaban J connectivity index is 3.11. The monoisotopic (exact) mass is 315 g/mol. The fraction of sp³-hybridized carbons (Fsp3) is 0.111. The Morgan fingerprint density at radius 1 is 1.29 bits per heavy atom. The Labute approximate surface area is 114 Å². The van der Waals surface area contributed by atoms with E-state index in [9.17, 15) is 8.42 Å². The van der Waals surface area contributed by atoms with Crippen molar-refractivity contribution in [1.29, 1.82) is 0 Å². The molecule has 0 fully saturated rings. The second-order valence-corrected chi connectivity index (χ2v) is 5.45. The summed E-state index contributed by atoms with van der Waals surface area (Å²) in [6.07, 6.45) is 1.54. The molecule has 0 atom stereocenters. The first-order valence-electron chi connectivity index (χ1n) is 4.26. The van der Waals surface area contributed by atoms with Crippen molar-refractivity contribution >= 4 is 44.8 Å². The lowest BCUT2D eigenvalue weighted by Gasteiger charge is -2.09. The number of hydrogen-bond donors (Lipinski definition) is 1. The third kappa shape index (κ3) is 3.76. The molecule has 0 aromatic heterocycles. The van der Waals surface area contributed by atoms with Gasteiger partial charge in [-0.05, 0) is 18.2 Å². The second kappa shape index (κ2) is 5.93. The summed E-state index contributed by atoms with van der Waals surface area (Å²) in [5.74, 6) is 0.249. The van der Waals surface area contributed by atoms with E-state index in [1.807, 2.05) is 0 Å². The smallest absolute Gasteiger partial charge is 0.239 e. The largest absolute Gasteiger partial charge is 0.488 e. The summed E-state index contributed by atoms with van der Waals surface area (Å²) in [6.45, 7) is 0.189. The number of rotatable bonds is 4. The van der Waals surface area contributed by atoms with Crippen molar-refractivity contribution in [2.75, 3.05) is 6.61 Å². The molecule has 0 saturated carbocycles. The molecule has 0 heterocycles. The molecule has 0 radical (unpaired) electrons. The summed E-state index contributed by atoms with van der Waals surface area (Å²) in [7, 11) is -3.90. The number of benzene rings is 1. The highest BCUT2D eigenvalue weighted by molar-refractivity contribution is 7.89. The van der Waals surface area contributed by atoms with E-state index in [1.54, 1.807) is 6.08 Å². The lowest BCUT2D eigenvalue weighted by atomic mass is 10.3. The Morgan fingerprint density at radius 3 is 2.47 bits per heavy atom. The minimum Gasteiger partial charge on any atom is -0.488 e. The van der Waals surface area contributed by atoms with Gasteiger partial charge in [-0.2, -0.15) is 0 Å². The molecular formula is C9H8Cl3NO3S. The molecule has 4 nitrogen and oxygen atoms in total. The summed E-state index contributed by atoms with van der Waals surface area (Å²) in [4.78, 5) is -0.246. The SMILES string of the molecule is NS(=O)(=O)c1ccc(OC/C=C/Cl)c(Cl)c1Cl. The molecule has 94 valence electrons. The average Bonchev–Trinajstić information content (AvgIpc) is 2.23. The quantitative estimate of drug-likeness (QED) is 0.928. The zero-order valence-corrected chi connectivity index (χ0v) is 11.4. The Kier molecular flexibility index (Phi) is 5.09. The number of sulfonamides is 1. The van der Waals surface area contributed by atoms with Gasteiger partial charge in [0, 0.05) is 5.54 Å². The van der Waals surface area contributed by atoms with E-state index >= 15 is 0 Å². The van der Waals surface area contributed by atoms with Crippen LogP contribution in [0.5, 0.6) is 5.75 Å². The van der Waals surface area contributed by atoms with Crippen molar-refractivity contribution in [2.24, 2.45) is 5.14 Å². The molecule has 0 aliphatic rings. The fourth-order valence-corrected chi connectivity index (χ4v) is 2.46. The summed E-state index contributed by atoms with van der Waals surface area (Å²) in [5, 5.41) is 4.78. The molecule has 0 saturated heterocycles. The number of hydrogen-bond acceptors (Lipinski definition) is 3. The van der Waals surface area contributed by atoms with Crippen LogP contribution in [0.1, 0.15) is 0 Å². The third-order valence-corrected chi connectivity index (χ3v) is 3.85. The van der Waals surface area contributed by atoms with Gasteiger partial charge >= 0.3 is 0 Å². The van der Waals surface area contributed by atoms with Crippen LogP contribution >= 0.6 is 34.8 Å². The zero-order valence-electron chi connectivity index (χ0n) is 8.36. The summed E-state index contributed by atoms with van der Waals surface area (Å²) in [6, 6.07) is 2.60. The third-order valence-electron chi connectivity index (χ3n) is 1.74. The van der Waals surface area contributed by atoms with E-state index in [1.165, 1.54) is 17.7 Å². The number of nitrogens with two attached hydrogens (primary N) is 1. The highest BCUT2D eigenvalue weighted by atomic mass is 35.5. The van der Waals surface area contributed by atoms with Crippen molar-refractivity contribution in [3.05, 3.63) is 33.8 Å². The zero-order chi connectivity index (χ0) is 13.1. The molecule has 0 amide bonds. The van der Waals surface area contributed by atoms with E-state index in [-0.39, 0.29) is 27.3 Å². The van der Waals surface area contributed by atoms with Crippen LogP contribution in [0.2, 0.25) is 10.0 Å². The van der Waals surface area contributed by atoms with Gasteiger partial charge in [-0.3, -0.25) is 0 Å². The van der Waals surface area contributed by atoms with E-state index in [2.05, 4.69) is 0 Å². The van der Waals surface area contributed by atoms with Gasteiger partial charge in [0.1, 0.15) is 22.3 Å². The van der Waals surface area contributed by atoms with Crippen LogP contribution < -0.4 is 9.88 Å². The van der Waals surface area contributed by atoms with Gasteiger partial charge in [-0.15, -0.1) is 0 Å². The minimum absolute atomic E-state index is 0.0128. The first-order valence-corrected chi connectivity index (χ1v) is 7.00. The lowest BCUT2D eigenvalue weighted by Crippen LogP contribution is -2.13. The average molecular weight is 317 g/mol. The summed E-state index contributed by atoms with van der Waals surface area (Å²) in [5.41, 5.74) is 1.29. The molecule has 17 heavy (non-hydrogen) atoms. The number of halogens is 3. The van der Waals surface area contributed by atoms with Gasteiger partial charge < -0.3 is 4.74 Å². The van der Waals surface area contributed by atoms with Crippen LogP contribution in [0.25, 0.3) is 0 Å². The molecule has 2 N–H and O–H groups in total. The van der Waals surface area contributed by atoms with Gasteiger partial charge in [0.25, 0.3) is 0 Å². The first-order chi connectivity index (χ1) is 7.88. The van der Waals surface area contributed by atoms with Gasteiger partial charge in [-0.25, -0.2) is 13.6 Å². The molecule has 1 aromatic carbocycles. The molecule has 1 aromatic rings. The topological polar surface area (TPSA) is 69.4 Å². The predicted molar refractivity (Wildman–Crippen MR) is 68.3 cm³/mol. The maximum atomic E-state index is 11.1. The van der Waals surface area contributed by atoms with Crippen LogP contribution in [-0.4, -0.2) is 15.0 Å². The highest BCUT2D eigenvalue weighted by Crippen LogP contribution is 2.36. The van der Waals surface area contributed by atoms with Crippen molar-refractivity contribution < 1.29 is 13.2 Å². The minimum atomic E-state index is -3.90. The number of ether oxygens (including phenoxy) is 1. The second-order valence-electron chi connectivity index (χ2n) is 2.91. The molecule has 0 unspecified atom stereocenters. The predicted octanol–water partition coefficient (Wildman–Crippen LogP) is 2.77. The first kappa shape index (κ1) is 14.6. The van der Waals surface area contributed by atoms with Crippen LogP contribution in [0.4, 0.5) is 0 Å². The molecule has 8 heteroatoms.